The van der Waals surface area contributed by atoms with Crippen molar-refractivity contribution in [2.75, 3.05) is 0 Å². The zero-order chi connectivity index (χ0) is 8.43. The SMILES string of the molecule is CCC(C)C1CC(CC)C1C. The molecule has 4 unspecified atom stereocenters. The van der Waals surface area contributed by atoms with E-state index in [4.69, 9.17) is 0 Å². The molecule has 0 heteroatoms. The predicted molar refractivity (Wildman–Crippen MR) is 50.5 cm³/mol. The molecule has 0 amide bonds. The average molecular weight is 154 g/mol. The highest BCUT2D eigenvalue weighted by Gasteiger charge is 2.38. The lowest BCUT2D eigenvalue weighted by Gasteiger charge is -2.46. The minimum absolute atomic E-state index is 0.966. The summed E-state index contributed by atoms with van der Waals surface area (Å²) in [5.41, 5.74) is 0. The molecule has 0 nitrogen and oxygen atoms in total. The zero-order valence-corrected chi connectivity index (χ0v) is 8.43. The monoisotopic (exact) mass is 154 g/mol. The molecule has 1 rings (SSSR count). The quantitative estimate of drug-likeness (QED) is 0.581. The molecule has 1 aliphatic rings. The lowest BCUT2D eigenvalue weighted by molar-refractivity contribution is 0.0388. The van der Waals surface area contributed by atoms with Gasteiger partial charge in [0.05, 0.1) is 0 Å². The van der Waals surface area contributed by atoms with Gasteiger partial charge in [-0.25, -0.2) is 0 Å². The fraction of sp³-hybridized carbons (Fsp3) is 1.00. The van der Waals surface area contributed by atoms with Gasteiger partial charge in [-0.15, -0.1) is 0 Å². The van der Waals surface area contributed by atoms with Crippen molar-refractivity contribution in [3.05, 3.63) is 0 Å². The summed E-state index contributed by atoms with van der Waals surface area (Å²) in [4.78, 5) is 0. The summed E-state index contributed by atoms with van der Waals surface area (Å²) in [6.45, 7) is 9.49. The molecule has 0 radical (unpaired) electrons. The second-order valence-corrected chi connectivity index (χ2v) is 4.31. The Hall–Kier alpha value is 0. The summed E-state index contributed by atoms with van der Waals surface area (Å²) in [5, 5.41) is 0. The minimum atomic E-state index is 0.966. The van der Waals surface area contributed by atoms with Crippen molar-refractivity contribution in [1.29, 1.82) is 0 Å². The van der Waals surface area contributed by atoms with Crippen molar-refractivity contribution in [2.45, 2.75) is 47.0 Å². The summed E-state index contributed by atoms with van der Waals surface area (Å²) >= 11 is 0. The summed E-state index contributed by atoms with van der Waals surface area (Å²) in [6.07, 6.45) is 4.27. The van der Waals surface area contributed by atoms with Crippen molar-refractivity contribution in [3.63, 3.8) is 0 Å². The smallest absolute Gasteiger partial charge is 0.0357 e. The van der Waals surface area contributed by atoms with Crippen molar-refractivity contribution in [3.8, 4) is 0 Å². The summed E-state index contributed by atoms with van der Waals surface area (Å²) in [6, 6.07) is 0. The van der Waals surface area contributed by atoms with Gasteiger partial charge in [0.1, 0.15) is 0 Å². The molecule has 1 fully saturated rings. The summed E-state index contributed by atoms with van der Waals surface area (Å²) in [5.74, 6) is 4.07. The van der Waals surface area contributed by atoms with Crippen molar-refractivity contribution in [2.24, 2.45) is 23.7 Å². The van der Waals surface area contributed by atoms with Crippen molar-refractivity contribution in [1.82, 2.24) is 0 Å². The van der Waals surface area contributed by atoms with E-state index >= 15 is 0 Å². The van der Waals surface area contributed by atoms with Crippen LogP contribution in [0.1, 0.15) is 47.0 Å². The third-order valence-corrected chi connectivity index (χ3v) is 3.89. The van der Waals surface area contributed by atoms with Crippen LogP contribution in [0.25, 0.3) is 0 Å². The zero-order valence-electron chi connectivity index (χ0n) is 8.43. The Kier molecular flexibility index (Phi) is 2.98. The molecule has 0 aromatic rings. The van der Waals surface area contributed by atoms with Gasteiger partial charge in [0.15, 0.2) is 0 Å². The first-order valence-electron chi connectivity index (χ1n) is 5.20. The number of hydrogen-bond donors (Lipinski definition) is 0. The Labute approximate surface area is 71.4 Å². The molecule has 11 heavy (non-hydrogen) atoms. The largest absolute Gasteiger partial charge is 0.0651 e. The summed E-state index contributed by atoms with van der Waals surface area (Å²) in [7, 11) is 0. The number of rotatable bonds is 3. The van der Waals surface area contributed by atoms with Crippen LogP contribution in [0.5, 0.6) is 0 Å². The Bertz CT molecular complexity index is 117. The highest BCUT2D eigenvalue weighted by Crippen LogP contribution is 2.46. The predicted octanol–water partition coefficient (Wildman–Crippen LogP) is 3.71. The fourth-order valence-electron chi connectivity index (χ4n) is 2.52. The van der Waals surface area contributed by atoms with Gasteiger partial charge in [0.2, 0.25) is 0 Å². The average Bonchev–Trinajstić information content (AvgIpc) is 2.02. The molecule has 1 saturated carbocycles. The lowest BCUT2D eigenvalue weighted by Crippen LogP contribution is -2.37. The molecular weight excluding hydrogens is 132 g/mol. The first-order chi connectivity index (χ1) is 5.20. The molecule has 0 aliphatic heterocycles. The van der Waals surface area contributed by atoms with Crippen LogP contribution in [0.3, 0.4) is 0 Å². The van der Waals surface area contributed by atoms with E-state index < -0.39 is 0 Å². The molecule has 1 aliphatic carbocycles. The maximum Gasteiger partial charge on any atom is -0.0357 e. The number of hydrogen-bond acceptors (Lipinski definition) is 0. The van der Waals surface area contributed by atoms with Crippen molar-refractivity contribution >= 4 is 0 Å². The van der Waals surface area contributed by atoms with E-state index in [0.29, 0.717) is 0 Å². The van der Waals surface area contributed by atoms with Crippen LogP contribution in [0.2, 0.25) is 0 Å². The Morgan fingerprint density at radius 3 is 2.36 bits per heavy atom. The first kappa shape index (κ1) is 9.09. The molecule has 0 heterocycles. The minimum Gasteiger partial charge on any atom is -0.0651 e. The van der Waals surface area contributed by atoms with Gasteiger partial charge in [-0.2, -0.15) is 0 Å². The van der Waals surface area contributed by atoms with Crippen LogP contribution >= 0.6 is 0 Å². The van der Waals surface area contributed by atoms with E-state index in [-0.39, 0.29) is 0 Å². The van der Waals surface area contributed by atoms with Crippen LogP contribution in [0.15, 0.2) is 0 Å². The molecular formula is C11H22. The van der Waals surface area contributed by atoms with E-state index in [1.54, 1.807) is 0 Å². The van der Waals surface area contributed by atoms with Gasteiger partial charge in [-0.3, -0.25) is 0 Å². The van der Waals surface area contributed by atoms with Gasteiger partial charge in [0.25, 0.3) is 0 Å². The third-order valence-electron chi connectivity index (χ3n) is 3.89. The van der Waals surface area contributed by atoms with Gasteiger partial charge >= 0.3 is 0 Å². The maximum atomic E-state index is 2.44. The van der Waals surface area contributed by atoms with E-state index in [0.717, 1.165) is 23.7 Å². The summed E-state index contributed by atoms with van der Waals surface area (Å²) < 4.78 is 0. The molecule has 0 saturated heterocycles. The van der Waals surface area contributed by atoms with Crippen molar-refractivity contribution < 1.29 is 0 Å². The molecule has 66 valence electrons. The highest BCUT2D eigenvalue weighted by atomic mass is 14.4. The third kappa shape index (κ3) is 1.60. The molecule has 0 N–H and O–H groups in total. The highest BCUT2D eigenvalue weighted by molar-refractivity contribution is 4.87. The molecule has 0 aromatic heterocycles. The van der Waals surface area contributed by atoms with Gasteiger partial charge in [-0.05, 0) is 30.1 Å². The van der Waals surface area contributed by atoms with Crippen LogP contribution in [0, 0.1) is 23.7 Å². The second kappa shape index (κ2) is 3.60. The first-order valence-corrected chi connectivity index (χ1v) is 5.20. The van der Waals surface area contributed by atoms with E-state index in [1.807, 2.05) is 0 Å². The Balaban J connectivity index is 2.32. The van der Waals surface area contributed by atoms with Gasteiger partial charge < -0.3 is 0 Å². The van der Waals surface area contributed by atoms with Gasteiger partial charge in [-0.1, -0.05) is 40.5 Å². The van der Waals surface area contributed by atoms with Crippen LogP contribution in [0.4, 0.5) is 0 Å². The van der Waals surface area contributed by atoms with Crippen LogP contribution < -0.4 is 0 Å². The van der Waals surface area contributed by atoms with E-state index in [1.165, 1.54) is 19.3 Å². The lowest BCUT2D eigenvalue weighted by atomic mass is 9.60. The molecule has 4 atom stereocenters. The molecule has 0 aromatic carbocycles. The molecule has 0 spiro atoms. The fourth-order valence-corrected chi connectivity index (χ4v) is 2.52. The van der Waals surface area contributed by atoms with Crippen LogP contribution in [-0.4, -0.2) is 0 Å². The Morgan fingerprint density at radius 2 is 2.00 bits per heavy atom. The molecule has 0 bridgehead atoms. The van der Waals surface area contributed by atoms with Gasteiger partial charge in [0, 0.05) is 0 Å². The normalized spacial score (nSPS) is 39.8. The Morgan fingerprint density at radius 1 is 1.36 bits per heavy atom. The maximum absolute atomic E-state index is 2.44. The second-order valence-electron chi connectivity index (χ2n) is 4.31. The standard InChI is InChI=1S/C11H22/c1-5-8(3)11-7-10(6-2)9(11)4/h8-11H,5-7H2,1-4H3. The van der Waals surface area contributed by atoms with Crippen LogP contribution in [-0.2, 0) is 0 Å². The van der Waals surface area contributed by atoms with E-state index in [9.17, 15) is 0 Å². The topological polar surface area (TPSA) is 0 Å². The van der Waals surface area contributed by atoms with E-state index in [2.05, 4.69) is 27.7 Å².